The van der Waals surface area contributed by atoms with Gasteiger partial charge >= 0.3 is 0 Å². The molecule has 4 nitrogen and oxygen atoms in total. The maximum Gasteiger partial charge on any atom is 0.114 e. The second-order valence-corrected chi connectivity index (χ2v) is 5.29. The minimum Gasteiger partial charge on any atom is -0.384 e. The molecule has 1 aliphatic rings. The number of hydrogen-bond acceptors (Lipinski definition) is 3. The van der Waals surface area contributed by atoms with Gasteiger partial charge in [0.2, 0.25) is 0 Å². The van der Waals surface area contributed by atoms with Crippen LogP contribution < -0.4 is 0 Å². The Labute approximate surface area is 96.7 Å². The van der Waals surface area contributed by atoms with Gasteiger partial charge in [-0.05, 0) is 26.7 Å². The third-order valence-electron chi connectivity index (χ3n) is 3.34. The fourth-order valence-electron chi connectivity index (χ4n) is 2.26. The molecule has 0 saturated heterocycles. The van der Waals surface area contributed by atoms with Crippen LogP contribution in [-0.4, -0.2) is 20.1 Å². The molecule has 1 aliphatic carbocycles. The highest BCUT2D eigenvalue weighted by Crippen LogP contribution is 2.27. The van der Waals surface area contributed by atoms with Crippen molar-refractivity contribution in [3.05, 3.63) is 11.9 Å². The molecule has 0 atom stereocenters. The lowest BCUT2D eigenvalue weighted by Crippen LogP contribution is -2.16. The van der Waals surface area contributed by atoms with Gasteiger partial charge in [0.05, 0.1) is 12.2 Å². The van der Waals surface area contributed by atoms with E-state index in [0.717, 1.165) is 0 Å². The van der Waals surface area contributed by atoms with Crippen molar-refractivity contribution in [1.82, 2.24) is 15.0 Å². The second-order valence-electron chi connectivity index (χ2n) is 5.29. The molecule has 0 unspecified atom stereocenters. The van der Waals surface area contributed by atoms with Gasteiger partial charge in [0, 0.05) is 0 Å². The molecule has 1 N–H and O–H groups in total. The van der Waals surface area contributed by atoms with E-state index in [2.05, 4.69) is 10.3 Å². The van der Waals surface area contributed by atoms with Gasteiger partial charge in [-0.15, -0.1) is 5.10 Å². The average molecular weight is 223 g/mol. The molecule has 0 radical (unpaired) electrons. The smallest absolute Gasteiger partial charge is 0.114 e. The summed E-state index contributed by atoms with van der Waals surface area (Å²) in [6, 6.07) is 0.478. The number of aliphatic hydroxyl groups is 1. The standard InChI is InChI=1S/C12H21N3O/c1-12(2,16)11-9-15(14-13-11)10-7-5-3-4-6-8-10/h9-10,16H,3-8H2,1-2H3. The number of nitrogens with zero attached hydrogens (tertiary/aromatic N) is 3. The van der Waals surface area contributed by atoms with Gasteiger partial charge in [0.15, 0.2) is 0 Å². The molecule has 1 saturated carbocycles. The normalized spacial score (nSPS) is 19.7. The summed E-state index contributed by atoms with van der Waals surface area (Å²) in [4.78, 5) is 0. The van der Waals surface area contributed by atoms with Crippen LogP contribution in [0, 0.1) is 0 Å². The first-order valence-corrected chi connectivity index (χ1v) is 6.22. The van der Waals surface area contributed by atoms with Crippen LogP contribution in [-0.2, 0) is 5.60 Å². The lowest BCUT2D eigenvalue weighted by molar-refractivity contribution is 0.0737. The highest BCUT2D eigenvalue weighted by molar-refractivity contribution is 5.03. The van der Waals surface area contributed by atoms with Crippen molar-refractivity contribution >= 4 is 0 Å². The first-order valence-electron chi connectivity index (χ1n) is 6.22. The second kappa shape index (κ2) is 4.53. The Kier molecular flexibility index (Phi) is 3.28. The van der Waals surface area contributed by atoms with E-state index in [4.69, 9.17) is 0 Å². The maximum absolute atomic E-state index is 9.84. The Morgan fingerprint density at radius 2 is 1.88 bits per heavy atom. The van der Waals surface area contributed by atoms with E-state index in [9.17, 15) is 5.11 Å². The first kappa shape index (κ1) is 11.6. The topological polar surface area (TPSA) is 50.9 Å². The molecule has 90 valence electrons. The van der Waals surface area contributed by atoms with E-state index in [-0.39, 0.29) is 0 Å². The Morgan fingerprint density at radius 1 is 1.25 bits per heavy atom. The number of hydrogen-bond donors (Lipinski definition) is 1. The molecule has 1 fully saturated rings. The molecule has 2 rings (SSSR count). The minimum absolute atomic E-state index is 0.478. The van der Waals surface area contributed by atoms with Gasteiger partial charge in [-0.2, -0.15) is 0 Å². The molecule has 0 bridgehead atoms. The van der Waals surface area contributed by atoms with Gasteiger partial charge in [0.25, 0.3) is 0 Å². The summed E-state index contributed by atoms with van der Waals surface area (Å²) in [5.74, 6) is 0. The van der Waals surface area contributed by atoms with Crippen LogP contribution in [0.4, 0.5) is 0 Å². The Balaban J connectivity index is 2.11. The SMILES string of the molecule is CC(C)(O)c1cn(C2CCCCCC2)nn1. The zero-order valence-electron chi connectivity index (χ0n) is 10.2. The largest absolute Gasteiger partial charge is 0.384 e. The quantitative estimate of drug-likeness (QED) is 0.783. The van der Waals surface area contributed by atoms with Crippen LogP contribution in [0.2, 0.25) is 0 Å². The van der Waals surface area contributed by atoms with E-state index < -0.39 is 5.60 Å². The summed E-state index contributed by atoms with van der Waals surface area (Å²) in [5.41, 5.74) is -0.222. The summed E-state index contributed by atoms with van der Waals surface area (Å²) in [5, 5.41) is 18.1. The summed E-state index contributed by atoms with van der Waals surface area (Å²) in [6.45, 7) is 3.49. The van der Waals surface area contributed by atoms with E-state index in [1.54, 1.807) is 13.8 Å². The van der Waals surface area contributed by atoms with Gasteiger partial charge < -0.3 is 5.11 Å². The van der Waals surface area contributed by atoms with Crippen LogP contribution in [0.3, 0.4) is 0 Å². The van der Waals surface area contributed by atoms with Crippen molar-refractivity contribution in [2.75, 3.05) is 0 Å². The van der Waals surface area contributed by atoms with Gasteiger partial charge in [-0.1, -0.05) is 30.9 Å². The summed E-state index contributed by atoms with van der Waals surface area (Å²) >= 11 is 0. The van der Waals surface area contributed by atoms with Crippen LogP contribution in [0.15, 0.2) is 6.20 Å². The third-order valence-corrected chi connectivity index (χ3v) is 3.34. The molecule has 0 spiro atoms. The van der Waals surface area contributed by atoms with Crippen LogP contribution in [0.25, 0.3) is 0 Å². The van der Waals surface area contributed by atoms with Crippen LogP contribution in [0.1, 0.15) is 64.1 Å². The molecular weight excluding hydrogens is 202 g/mol. The average Bonchev–Trinajstić information content (AvgIpc) is 2.55. The van der Waals surface area contributed by atoms with Crippen molar-refractivity contribution in [2.45, 2.75) is 64.0 Å². The third kappa shape index (κ3) is 2.61. The highest BCUT2D eigenvalue weighted by atomic mass is 16.3. The molecule has 0 aromatic carbocycles. The lowest BCUT2D eigenvalue weighted by atomic mass is 10.1. The van der Waals surface area contributed by atoms with Crippen LogP contribution in [0.5, 0.6) is 0 Å². The van der Waals surface area contributed by atoms with Gasteiger partial charge in [-0.3, -0.25) is 0 Å². The first-order chi connectivity index (χ1) is 7.57. The highest BCUT2D eigenvalue weighted by Gasteiger charge is 2.22. The van der Waals surface area contributed by atoms with Crippen LogP contribution >= 0.6 is 0 Å². The van der Waals surface area contributed by atoms with Crippen molar-refractivity contribution in [2.24, 2.45) is 0 Å². The van der Waals surface area contributed by atoms with Crippen molar-refractivity contribution in [3.8, 4) is 0 Å². The lowest BCUT2D eigenvalue weighted by Gasteiger charge is -2.14. The Bertz CT molecular complexity index is 332. The number of aromatic nitrogens is 3. The fraction of sp³-hybridized carbons (Fsp3) is 0.833. The van der Waals surface area contributed by atoms with Crippen molar-refractivity contribution in [3.63, 3.8) is 0 Å². The van der Waals surface area contributed by atoms with Gasteiger partial charge in [0.1, 0.15) is 11.3 Å². The predicted molar refractivity (Wildman–Crippen MR) is 62.0 cm³/mol. The molecule has 1 aromatic heterocycles. The molecule has 1 heterocycles. The zero-order chi connectivity index (χ0) is 11.6. The molecule has 0 amide bonds. The summed E-state index contributed by atoms with van der Waals surface area (Å²) in [7, 11) is 0. The van der Waals surface area contributed by atoms with Crippen molar-refractivity contribution < 1.29 is 5.11 Å². The van der Waals surface area contributed by atoms with Gasteiger partial charge in [-0.25, -0.2) is 4.68 Å². The van der Waals surface area contributed by atoms with E-state index >= 15 is 0 Å². The Hall–Kier alpha value is -0.900. The Morgan fingerprint density at radius 3 is 2.38 bits per heavy atom. The zero-order valence-corrected chi connectivity index (χ0v) is 10.2. The molecule has 16 heavy (non-hydrogen) atoms. The fourth-order valence-corrected chi connectivity index (χ4v) is 2.26. The summed E-state index contributed by atoms with van der Waals surface area (Å²) < 4.78 is 1.94. The van der Waals surface area contributed by atoms with E-state index in [0.29, 0.717) is 11.7 Å². The van der Waals surface area contributed by atoms with E-state index in [1.165, 1.54) is 38.5 Å². The maximum atomic E-state index is 9.84. The predicted octanol–water partition coefficient (Wildman–Crippen LogP) is 2.40. The summed E-state index contributed by atoms with van der Waals surface area (Å²) in [6.07, 6.45) is 9.51. The van der Waals surface area contributed by atoms with E-state index in [1.807, 2.05) is 10.9 Å². The number of rotatable bonds is 2. The molecule has 0 aliphatic heterocycles. The molecule has 1 aromatic rings. The molecular formula is C12H21N3O. The van der Waals surface area contributed by atoms with Crippen molar-refractivity contribution in [1.29, 1.82) is 0 Å². The molecule has 4 heteroatoms. The minimum atomic E-state index is -0.886. The monoisotopic (exact) mass is 223 g/mol.